The van der Waals surface area contributed by atoms with E-state index in [1.54, 1.807) is 6.26 Å². The molecule has 1 aromatic heterocycles. The summed E-state index contributed by atoms with van der Waals surface area (Å²) >= 11 is 4.97. The SMILES string of the molecule is Cc1ccc(C(N)=S)c(NC(C)CS(C)=O)n1. The van der Waals surface area contributed by atoms with Gasteiger partial charge in [-0.25, -0.2) is 4.98 Å². The molecule has 0 bridgehead atoms. The predicted octanol–water partition coefficient (Wildman–Crippen LogP) is 1.20. The van der Waals surface area contributed by atoms with Crippen molar-refractivity contribution >= 4 is 33.8 Å². The molecule has 0 radical (unpaired) electrons. The van der Waals surface area contributed by atoms with E-state index >= 15 is 0 Å². The van der Waals surface area contributed by atoms with Gasteiger partial charge in [0.25, 0.3) is 0 Å². The van der Waals surface area contributed by atoms with Crippen molar-refractivity contribution in [1.29, 1.82) is 0 Å². The van der Waals surface area contributed by atoms with Gasteiger partial charge in [-0.3, -0.25) is 4.21 Å². The summed E-state index contributed by atoms with van der Waals surface area (Å²) in [6, 6.07) is 3.77. The van der Waals surface area contributed by atoms with E-state index < -0.39 is 10.8 Å². The van der Waals surface area contributed by atoms with Crippen LogP contribution in [0.5, 0.6) is 0 Å². The number of pyridine rings is 1. The van der Waals surface area contributed by atoms with Crippen molar-refractivity contribution in [2.45, 2.75) is 19.9 Å². The maximum absolute atomic E-state index is 11.1. The number of nitrogens with one attached hydrogen (secondary N) is 1. The lowest BCUT2D eigenvalue weighted by molar-refractivity contribution is 0.683. The van der Waals surface area contributed by atoms with Crippen LogP contribution in [0, 0.1) is 6.92 Å². The Balaban J connectivity index is 2.92. The maximum Gasteiger partial charge on any atom is 0.136 e. The Morgan fingerprint density at radius 2 is 2.29 bits per heavy atom. The highest BCUT2D eigenvalue weighted by molar-refractivity contribution is 7.84. The summed E-state index contributed by atoms with van der Waals surface area (Å²) in [6.45, 7) is 3.85. The van der Waals surface area contributed by atoms with E-state index in [1.807, 2.05) is 26.0 Å². The molecule has 17 heavy (non-hydrogen) atoms. The number of hydrogen-bond acceptors (Lipinski definition) is 4. The molecule has 0 aliphatic rings. The molecular weight excluding hydrogens is 254 g/mol. The molecule has 1 aromatic rings. The molecule has 94 valence electrons. The summed E-state index contributed by atoms with van der Waals surface area (Å²) in [6.07, 6.45) is 1.68. The van der Waals surface area contributed by atoms with Gasteiger partial charge in [0.1, 0.15) is 10.8 Å². The van der Waals surface area contributed by atoms with Gasteiger partial charge in [-0.2, -0.15) is 0 Å². The van der Waals surface area contributed by atoms with Gasteiger partial charge >= 0.3 is 0 Å². The average Bonchev–Trinajstić information content (AvgIpc) is 2.15. The molecule has 4 nitrogen and oxygen atoms in total. The minimum Gasteiger partial charge on any atom is -0.389 e. The Morgan fingerprint density at radius 1 is 1.65 bits per heavy atom. The second-order valence-electron chi connectivity index (χ2n) is 4.00. The molecule has 0 fully saturated rings. The van der Waals surface area contributed by atoms with Crippen molar-refractivity contribution in [2.24, 2.45) is 5.73 Å². The summed E-state index contributed by atoms with van der Waals surface area (Å²) in [5, 5.41) is 3.19. The molecule has 0 aromatic carbocycles. The van der Waals surface area contributed by atoms with Crippen LogP contribution in [0.4, 0.5) is 5.82 Å². The van der Waals surface area contributed by atoms with Crippen molar-refractivity contribution in [2.75, 3.05) is 17.3 Å². The second kappa shape index (κ2) is 6.07. The van der Waals surface area contributed by atoms with Crippen LogP contribution in [0.25, 0.3) is 0 Å². The number of aryl methyl sites for hydroxylation is 1. The lowest BCUT2D eigenvalue weighted by atomic mass is 10.2. The van der Waals surface area contributed by atoms with Crippen LogP contribution < -0.4 is 11.1 Å². The predicted molar refractivity (Wildman–Crippen MR) is 76.9 cm³/mol. The van der Waals surface area contributed by atoms with Crippen LogP contribution >= 0.6 is 12.2 Å². The summed E-state index contributed by atoms with van der Waals surface area (Å²) < 4.78 is 11.1. The fraction of sp³-hybridized carbons (Fsp3) is 0.455. The molecule has 3 N–H and O–H groups in total. The monoisotopic (exact) mass is 271 g/mol. The molecule has 6 heteroatoms. The van der Waals surface area contributed by atoms with E-state index in [-0.39, 0.29) is 6.04 Å². The van der Waals surface area contributed by atoms with Gasteiger partial charge in [0.2, 0.25) is 0 Å². The van der Waals surface area contributed by atoms with Crippen LogP contribution in [0.1, 0.15) is 18.2 Å². The van der Waals surface area contributed by atoms with Crippen LogP contribution in [-0.4, -0.2) is 32.2 Å². The highest BCUT2D eigenvalue weighted by Crippen LogP contribution is 2.14. The van der Waals surface area contributed by atoms with E-state index in [9.17, 15) is 4.21 Å². The lowest BCUT2D eigenvalue weighted by Crippen LogP contribution is -2.25. The van der Waals surface area contributed by atoms with Crippen molar-refractivity contribution < 1.29 is 4.21 Å². The average molecular weight is 271 g/mol. The maximum atomic E-state index is 11.1. The minimum absolute atomic E-state index is 0.0585. The van der Waals surface area contributed by atoms with Gasteiger partial charge < -0.3 is 11.1 Å². The highest BCUT2D eigenvalue weighted by Gasteiger charge is 2.11. The van der Waals surface area contributed by atoms with Gasteiger partial charge in [0, 0.05) is 34.5 Å². The van der Waals surface area contributed by atoms with Crippen LogP contribution in [0.2, 0.25) is 0 Å². The van der Waals surface area contributed by atoms with E-state index in [2.05, 4.69) is 10.3 Å². The van der Waals surface area contributed by atoms with Gasteiger partial charge in [0.05, 0.1) is 5.56 Å². The van der Waals surface area contributed by atoms with Crippen molar-refractivity contribution in [1.82, 2.24) is 4.98 Å². The van der Waals surface area contributed by atoms with Crippen molar-refractivity contribution in [3.8, 4) is 0 Å². The van der Waals surface area contributed by atoms with E-state index in [1.165, 1.54) is 0 Å². The number of anilines is 1. The first-order valence-electron chi connectivity index (χ1n) is 5.24. The lowest BCUT2D eigenvalue weighted by Gasteiger charge is -2.16. The van der Waals surface area contributed by atoms with Crippen LogP contribution in [0.3, 0.4) is 0 Å². The molecule has 0 amide bonds. The summed E-state index contributed by atoms with van der Waals surface area (Å²) in [7, 11) is -0.846. The molecule has 0 spiro atoms. The number of thiocarbonyl (C=S) groups is 1. The number of nitrogens with zero attached hydrogens (tertiary/aromatic N) is 1. The minimum atomic E-state index is -0.846. The molecule has 0 aliphatic heterocycles. The quantitative estimate of drug-likeness (QED) is 0.788. The zero-order valence-electron chi connectivity index (χ0n) is 10.2. The van der Waals surface area contributed by atoms with E-state index in [0.29, 0.717) is 16.6 Å². The standard InChI is InChI=1S/C11H17N3OS2/c1-7-4-5-9(10(12)16)11(13-7)14-8(2)6-17(3)15/h4-5,8H,6H2,1-3H3,(H2,12,16)(H,13,14). The number of nitrogens with two attached hydrogens (primary N) is 1. The first-order valence-corrected chi connectivity index (χ1v) is 7.37. The first kappa shape index (κ1) is 14.1. The molecule has 2 unspecified atom stereocenters. The van der Waals surface area contributed by atoms with Gasteiger partial charge in [-0.05, 0) is 26.0 Å². The van der Waals surface area contributed by atoms with Crippen molar-refractivity contribution in [3.05, 3.63) is 23.4 Å². The van der Waals surface area contributed by atoms with E-state index in [4.69, 9.17) is 18.0 Å². The Hall–Kier alpha value is -1.01. The number of rotatable bonds is 5. The van der Waals surface area contributed by atoms with Crippen LogP contribution in [-0.2, 0) is 10.8 Å². The molecule has 0 aliphatic carbocycles. The molecule has 0 saturated carbocycles. The molecule has 1 heterocycles. The normalized spacial score (nSPS) is 14.1. The molecule has 2 atom stereocenters. The van der Waals surface area contributed by atoms with E-state index in [0.717, 1.165) is 11.3 Å². The van der Waals surface area contributed by atoms with Gasteiger partial charge in [-0.15, -0.1) is 0 Å². The third-order valence-corrected chi connectivity index (χ3v) is 3.36. The highest BCUT2D eigenvalue weighted by atomic mass is 32.2. The van der Waals surface area contributed by atoms with Crippen molar-refractivity contribution in [3.63, 3.8) is 0 Å². The fourth-order valence-electron chi connectivity index (χ4n) is 1.49. The largest absolute Gasteiger partial charge is 0.389 e. The Bertz CT molecular complexity index is 448. The number of aromatic nitrogens is 1. The van der Waals surface area contributed by atoms with Crippen LogP contribution in [0.15, 0.2) is 12.1 Å². The smallest absolute Gasteiger partial charge is 0.136 e. The topological polar surface area (TPSA) is 68.0 Å². The Kier molecular flexibility index (Phi) is 5.02. The first-order chi connectivity index (χ1) is 7.90. The summed E-state index contributed by atoms with van der Waals surface area (Å²) in [5.74, 6) is 1.22. The Labute approximate surface area is 109 Å². The zero-order chi connectivity index (χ0) is 13.0. The molecule has 1 rings (SSSR count). The molecular formula is C11H17N3OS2. The zero-order valence-corrected chi connectivity index (χ0v) is 11.8. The second-order valence-corrected chi connectivity index (χ2v) is 5.92. The van der Waals surface area contributed by atoms with Gasteiger partial charge in [-0.1, -0.05) is 12.2 Å². The van der Waals surface area contributed by atoms with Gasteiger partial charge in [0.15, 0.2) is 0 Å². The molecule has 0 saturated heterocycles. The third kappa shape index (κ3) is 4.40. The summed E-state index contributed by atoms with van der Waals surface area (Å²) in [5.41, 5.74) is 7.24. The number of hydrogen-bond donors (Lipinski definition) is 2. The fourth-order valence-corrected chi connectivity index (χ4v) is 2.44. The Morgan fingerprint density at radius 3 is 2.82 bits per heavy atom. The summed E-state index contributed by atoms with van der Waals surface area (Å²) in [4.78, 5) is 4.67. The third-order valence-electron chi connectivity index (χ3n) is 2.17.